The van der Waals surface area contributed by atoms with Crippen LogP contribution in [0.4, 0.5) is 0 Å². The summed E-state index contributed by atoms with van der Waals surface area (Å²) in [6, 6.07) is 0. The molecule has 0 aromatic carbocycles. The smallest absolute Gasteiger partial charge is 0.310 e. The van der Waals surface area contributed by atoms with Gasteiger partial charge < -0.3 is 9.84 Å². The lowest BCUT2D eigenvalue weighted by molar-refractivity contribution is -0.164. The lowest BCUT2D eigenvalue weighted by Crippen LogP contribution is -2.35. The molecule has 0 heterocycles. The van der Waals surface area contributed by atoms with Crippen molar-refractivity contribution in [1.82, 2.24) is 0 Å². The van der Waals surface area contributed by atoms with E-state index < -0.39 is 17.8 Å². The number of carbonyl (C=O) groups is 2. The van der Waals surface area contributed by atoms with Gasteiger partial charge in [-0.3, -0.25) is 9.59 Å². The lowest BCUT2D eigenvalue weighted by atomic mass is 9.79. The summed E-state index contributed by atoms with van der Waals surface area (Å²) in [4.78, 5) is 24.3. The number of aliphatic carboxylic acids is 1. The van der Waals surface area contributed by atoms with Crippen LogP contribution in [0.1, 0.15) is 130 Å². The maximum absolute atomic E-state index is 12.7. The zero-order valence-electron chi connectivity index (χ0n) is 20.9. The number of unbranched alkanes of at least 4 members (excludes halogenated alkanes) is 8. The molecule has 1 fully saturated rings. The number of rotatable bonds is 17. The molecule has 4 heteroatoms. The molecule has 1 saturated carbocycles. The summed E-state index contributed by atoms with van der Waals surface area (Å²) in [5.41, 5.74) is 0. The van der Waals surface area contributed by atoms with Crippen molar-refractivity contribution >= 4 is 11.9 Å². The number of carbonyl (C=O) groups excluding carboxylic acids is 1. The van der Waals surface area contributed by atoms with Crippen LogP contribution >= 0.6 is 0 Å². The summed E-state index contributed by atoms with van der Waals surface area (Å²) in [7, 11) is 0. The molecule has 1 rings (SSSR count). The highest BCUT2D eigenvalue weighted by atomic mass is 16.5. The molecular formula is C27H50O4. The van der Waals surface area contributed by atoms with Crippen molar-refractivity contribution < 1.29 is 19.4 Å². The van der Waals surface area contributed by atoms with Gasteiger partial charge in [0.15, 0.2) is 0 Å². The van der Waals surface area contributed by atoms with Crippen molar-refractivity contribution in [2.24, 2.45) is 23.7 Å². The molecule has 0 saturated heterocycles. The van der Waals surface area contributed by atoms with Crippen molar-refractivity contribution in [2.75, 3.05) is 0 Å². The van der Waals surface area contributed by atoms with Gasteiger partial charge in [-0.05, 0) is 43.9 Å². The first-order valence-corrected chi connectivity index (χ1v) is 13.2. The molecule has 0 bridgehead atoms. The van der Waals surface area contributed by atoms with E-state index in [0.717, 1.165) is 38.0 Å². The molecule has 1 N–H and O–H groups in total. The molecule has 1 aliphatic rings. The molecular weight excluding hydrogens is 388 g/mol. The Morgan fingerprint density at radius 2 is 1.23 bits per heavy atom. The monoisotopic (exact) mass is 438 g/mol. The third kappa shape index (κ3) is 13.2. The van der Waals surface area contributed by atoms with Gasteiger partial charge in [-0.1, -0.05) is 98.3 Å². The van der Waals surface area contributed by atoms with Crippen LogP contribution in [-0.2, 0) is 14.3 Å². The van der Waals surface area contributed by atoms with Crippen molar-refractivity contribution in [3.63, 3.8) is 0 Å². The fourth-order valence-corrected chi connectivity index (χ4v) is 4.87. The van der Waals surface area contributed by atoms with Gasteiger partial charge in [0.05, 0.1) is 11.8 Å². The minimum atomic E-state index is -0.845. The minimum absolute atomic E-state index is 0.0650. The van der Waals surface area contributed by atoms with Gasteiger partial charge in [-0.15, -0.1) is 0 Å². The van der Waals surface area contributed by atoms with Crippen molar-refractivity contribution in [3.8, 4) is 0 Å². The molecule has 0 aromatic rings. The Morgan fingerprint density at radius 1 is 0.742 bits per heavy atom. The van der Waals surface area contributed by atoms with Gasteiger partial charge in [0.1, 0.15) is 6.10 Å². The van der Waals surface area contributed by atoms with E-state index in [2.05, 4.69) is 27.7 Å². The van der Waals surface area contributed by atoms with Crippen molar-refractivity contribution in [3.05, 3.63) is 0 Å². The Bertz CT molecular complexity index is 486. The Labute approximate surface area is 191 Å². The SMILES string of the molecule is CC(C)CCCCCCCCCCCC(CC(C)C)OC(=O)C1CCCCC1C(=O)O. The quantitative estimate of drug-likeness (QED) is 0.186. The maximum Gasteiger partial charge on any atom is 0.310 e. The zero-order chi connectivity index (χ0) is 23.1. The molecule has 0 radical (unpaired) electrons. The Morgan fingerprint density at radius 3 is 1.71 bits per heavy atom. The van der Waals surface area contributed by atoms with E-state index in [1.165, 1.54) is 57.8 Å². The molecule has 0 spiro atoms. The highest BCUT2D eigenvalue weighted by Crippen LogP contribution is 2.32. The van der Waals surface area contributed by atoms with E-state index in [4.69, 9.17) is 4.74 Å². The highest BCUT2D eigenvalue weighted by molar-refractivity contribution is 5.81. The first-order valence-electron chi connectivity index (χ1n) is 13.2. The second-order valence-electron chi connectivity index (χ2n) is 10.7. The van der Waals surface area contributed by atoms with E-state index in [-0.39, 0.29) is 12.1 Å². The number of hydrogen-bond donors (Lipinski definition) is 1. The number of carboxylic acid groups (broad SMARTS) is 1. The summed E-state index contributed by atoms with van der Waals surface area (Å²) >= 11 is 0. The average Bonchev–Trinajstić information content (AvgIpc) is 2.71. The molecule has 182 valence electrons. The number of hydrogen-bond acceptors (Lipinski definition) is 3. The number of ether oxygens (including phenoxy) is 1. The normalized spacial score (nSPS) is 20.2. The average molecular weight is 439 g/mol. The fraction of sp³-hybridized carbons (Fsp3) is 0.926. The topological polar surface area (TPSA) is 63.6 Å². The molecule has 0 amide bonds. The molecule has 31 heavy (non-hydrogen) atoms. The fourth-order valence-electron chi connectivity index (χ4n) is 4.87. The largest absolute Gasteiger partial charge is 0.481 e. The summed E-state index contributed by atoms with van der Waals surface area (Å²) in [6.07, 6.45) is 17.8. The molecule has 3 atom stereocenters. The molecule has 0 aliphatic heterocycles. The van der Waals surface area contributed by atoms with Crippen LogP contribution in [0.25, 0.3) is 0 Å². The van der Waals surface area contributed by atoms with Crippen molar-refractivity contribution in [2.45, 2.75) is 137 Å². The Hall–Kier alpha value is -1.06. The van der Waals surface area contributed by atoms with Crippen LogP contribution in [0.5, 0.6) is 0 Å². The third-order valence-electron chi connectivity index (χ3n) is 6.71. The van der Waals surface area contributed by atoms with Crippen LogP contribution in [0.15, 0.2) is 0 Å². The van der Waals surface area contributed by atoms with E-state index >= 15 is 0 Å². The second-order valence-corrected chi connectivity index (χ2v) is 10.7. The number of esters is 1. The molecule has 4 nitrogen and oxygen atoms in total. The third-order valence-corrected chi connectivity index (χ3v) is 6.71. The minimum Gasteiger partial charge on any atom is -0.481 e. The Kier molecular flexibility index (Phi) is 14.9. The summed E-state index contributed by atoms with van der Waals surface area (Å²) < 4.78 is 5.88. The van der Waals surface area contributed by atoms with E-state index in [0.29, 0.717) is 18.8 Å². The van der Waals surface area contributed by atoms with Gasteiger partial charge >= 0.3 is 11.9 Å². The predicted molar refractivity (Wildman–Crippen MR) is 128 cm³/mol. The first kappa shape index (κ1) is 28.0. The van der Waals surface area contributed by atoms with E-state index in [1.54, 1.807) is 0 Å². The first-order chi connectivity index (χ1) is 14.8. The standard InChI is InChI=1S/C27H50O4/c1-21(2)16-12-10-8-6-5-7-9-11-13-17-23(20-22(3)4)31-27(30)25-19-15-14-18-24(25)26(28)29/h21-25H,5-20H2,1-4H3,(H,28,29). The van der Waals surface area contributed by atoms with Gasteiger partial charge in [-0.2, -0.15) is 0 Å². The van der Waals surface area contributed by atoms with Crippen LogP contribution < -0.4 is 0 Å². The van der Waals surface area contributed by atoms with E-state index in [9.17, 15) is 14.7 Å². The summed E-state index contributed by atoms with van der Waals surface area (Å²) in [5.74, 6) is -0.833. The zero-order valence-corrected chi connectivity index (χ0v) is 20.9. The Balaban J connectivity index is 2.24. The summed E-state index contributed by atoms with van der Waals surface area (Å²) in [6.45, 7) is 8.91. The van der Waals surface area contributed by atoms with E-state index in [1.807, 2.05) is 0 Å². The van der Waals surface area contributed by atoms with Gasteiger partial charge in [0.25, 0.3) is 0 Å². The van der Waals surface area contributed by atoms with Crippen LogP contribution in [0, 0.1) is 23.7 Å². The van der Waals surface area contributed by atoms with Crippen LogP contribution in [0.3, 0.4) is 0 Å². The van der Waals surface area contributed by atoms with Crippen molar-refractivity contribution in [1.29, 1.82) is 0 Å². The van der Waals surface area contributed by atoms with Gasteiger partial charge in [0, 0.05) is 0 Å². The second kappa shape index (κ2) is 16.6. The van der Waals surface area contributed by atoms with Crippen LogP contribution in [-0.4, -0.2) is 23.1 Å². The number of carboxylic acids is 1. The highest BCUT2D eigenvalue weighted by Gasteiger charge is 2.37. The molecule has 0 aromatic heterocycles. The molecule has 1 aliphatic carbocycles. The summed E-state index contributed by atoms with van der Waals surface area (Å²) in [5, 5.41) is 9.46. The van der Waals surface area contributed by atoms with Gasteiger partial charge in [-0.25, -0.2) is 0 Å². The maximum atomic E-state index is 12.7. The van der Waals surface area contributed by atoms with Gasteiger partial charge in [0.2, 0.25) is 0 Å². The predicted octanol–water partition coefficient (Wildman–Crippen LogP) is 7.78. The van der Waals surface area contributed by atoms with Crippen LogP contribution in [0.2, 0.25) is 0 Å². The molecule has 3 unspecified atom stereocenters. The lowest BCUT2D eigenvalue weighted by Gasteiger charge is -2.29.